The van der Waals surface area contributed by atoms with Crippen LogP contribution < -0.4 is 9.47 Å². The summed E-state index contributed by atoms with van der Waals surface area (Å²) in [6, 6.07) is 4.54. The highest BCUT2D eigenvalue weighted by Crippen LogP contribution is 2.23. The summed E-state index contributed by atoms with van der Waals surface area (Å²) >= 11 is 0. The number of hydrogen-bond donors (Lipinski definition) is 0. The fourth-order valence-corrected chi connectivity index (χ4v) is 1.03. The van der Waals surface area contributed by atoms with Crippen molar-refractivity contribution in [1.29, 1.82) is 0 Å². The van der Waals surface area contributed by atoms with Crippen LogP contribution in [0.4, 0.5) is 0 Å². The molecule has 1 rings (SSSR count). The van der Waals surface area contributed by atoms with Crippen LogP contribution >= 0.6 is 0 Å². The van der Waals surface area contributed by atoms with Gasteiger partial charge in [0.2, 0.25) is 0 Å². The monoisotopic (exact) mass is 200 g/mol. The van der Waals surface area contributed by atoms with E-state index in [2.05, 4.69) is 0 Å². The average Bonchev–Trinajstić information content (AvgIpc) is 2.18. The molecule has 0 aromatic heterocycles. The van der Waals surface area contributed by atoms with Crippen molar-refractivity contribution >= 4 is 5.78 Å². The van der Waals surface area contributed by atoms with Crippen molar-refractivity contribution in [3.63, 3.8) is 0 Å². The summed E-state index contributed by atoms with van der Waals surface area (Å²) in [4.78, 5) is 11.1. The van der Waals surface area contributed by atoms with E-state index in [1.807, 2.05) is 12.2 Å². The zero-order valence-electron chi connectivity index (χ0n) is 8.11. The molecule has 0 radical (unpaired) electrons. The molecule has 0 saturated heterocycles. The molecule has 0 aliphatic heterocycles. The van der Waals surface area contributed by atoms with Gasteiger partial charge in [-0.05, 0) is 19.1 Å². The second kappa shape index (κ2) is 4.74. The first-order valence-electron chi connectivity index (χ1n) is 4.08. The molecule has 0 saturated carbocycles. The Labute approximate surface area is 88.0 Å². The number of ketones is 1. The average molecular weight is 200 g/mol. The predicted molar refractivity (Wildman–Crippen MR) is 55.4 cm³/mol. The molecule has 0 aliphatic rings. The molecule has 0 amide bonds. The number of ether oxygens (including phenoxy) is 2. The Kier molecular flexibility index (Phi) is 3.38. The van der Waals surface area contributed by atoms with Gasteiger partial charge in [0.15, 0.2) is 5.78 Å². The number of Topliss-reactive ketones (excluding diaryl/α,β-unsaturated/α-hetero) is 1. The van der Waals surface area contributed by atoms with Crippen LogP contribution in [0.15, 0.2) is 18.2 Å². The third-order valence-electron chi connectivity index (χ3n) is 1.64. The second-order valence-corrected chi connectivity index (χ2v) is 2.69. The largest absolute Gasteiger partial charge is 0.408 e. The van der Waals surface area contributed by atoms with Crippen LogP contribution in [0.2, 0.25) is 0 Å². The molecule has 0 N–H and O–H groups in total. The molecular formula is C12H8O3. The number of rotatable bonds is 3. The third-order valence-corrected chi connectivity index (χ3v) is 1.64. The highest BCUT2D eigenvalue weighted by atomic mass is 16.5. The van der Waals surface area contributed by atoms with E-state index in [4.69, 9.17) is 22.3 Å². The lowest BCUT2D eigenvalue weighted by Gasteiger charge is -2.03. The van der Waals surface area contributed by atoms with Crippen molar-refractivity contribution in [2.75, 3.05) is 0 Å². The lowest BCUT2D eigenvalue weighted by atomic mass is 10.1. The van der Waals surface area contributed by atoms with Crippen LogP contribution in [0.1, 0.15) is 17.3 Å². The fraction of sp³-hybridized carbons (Fsp3) is 0.0833. The summed E-state index contributed by atoms with van der Waals surface area (Å²) in [5, 5.41) is 0. The van der Waals surface area contributed by atoms with Gasteiger partial charge >= 0.3 is 0 Å². The van der Waals surface area contributed by atoms with E-state index in [-0.39, 0.29) is 5.78 Å². The van der Waals surface area contributed by atoms with Crippen molar-refractivity contribution in [3.8, 4) is 36.6 Å². The molecule has 0 spiro atoms. The molecule has 74 valence electrons. The zero-order chi connectivity index (χ0) is 11.3. The maximum absolute atomic E-state index is 11.1. The van der Waals surface area contributed by atoms with Gasteiger partial charge in [0.1, 0.15) is 23.7 Å². The molecule has 15 heavy (non-hydrogen) atoms. The van der Waals surface area contributed by atoms with Crippen molar-refractivity contribution in [1.82, 2.24) is 0 Å². The minimum absolute atomic E-state index is 0.126. The van der Waals surface area contributed by atoms with E-state index in [0.717, 1.165) is 0 Å². The van der Waals surface area contributed by atoms with Crippen molar-refractivity contribution < 1.29 is 14.3 Å². The van der Waals surface area contributed by atoms with E-state index in [0.29, 0.717) is 17.1 Å². The number of hydrogen-bond acceptors (Lipinski definition) is 3. The molecular weight excluding hydrogens is 192 g/mol. The number of carbonyl (C=O) groups excluding carboxylic acids is 1. The molecule has 0 bridgehead atoms. The van der Waals surface area contributed by atoms with Gasteiger partial charge in [-0.2, -0.15) is 0 Å². The summed E-state index contributed by atoms with van der Waals surface area (Å²) in [6.07, 6.45) is 13.9. The molecule has 3 heteroatoms. The SMILES string of the molecule is C#COc1cc(OC#C)cc(C(C)=O)c1. The van der Waals surface area contributed by atoms with Gasteiger partial charge < -0.3 is 9.47 Å². The van der Waals surface area contributed by atoms with Crippen molar-refractivity contribution in [2.24, 2.45) is 0 Å². The van der Waals surface area contributed by atoms with Gasteiger partial charge in [0.25, 0.3) is 0 Å². The molecule has 1 aromatic rings. The first-order chi connectivity index (χ1) is 7.17. The van der Waals surface area contributed by atoms with Gasteiger partial charge in [-0.3, -0.25) is 4.79 Å². The van der Waals surface area contributed by atoms with E-state index in [1.165, 1.54) is 25.1 Å². The van der Waals surface area contributed by atoms with Crippen molar-refractivity contribution in [3.05, 3.63) is 23.8 Å². The number of terminal acetylenes is 2. The standard InChI is InChI=1S/C12H8O3/c1-4-14-11-6-10(9(3)13)7-12(8-11)15-5-2/h1-2,6-8H,3H3. The highest BCUT2D eigenvalue weighted by Gasteiger charge is 2.06. The van der Waals surface area contributed by atoms with Gasteiger partial charge in [0.05, 0.1) is 0 Å². The highest BCUT2D eigenvalue weighted by molar-refractivity contribution is 5.94. The molecule has 0 aliphatic carbocycles. The minimum Gasteiger partial charge on any atom is -0.408 e. The first-order valence-corrected chi connectivity index (χ1v) is 4.08. The van der Waals surface area contributed by atoms with Crippen LogP contribution in [0.25, 0.3) is 0 Å². The van der Waals surface area contributed by atoms with Gasteiger partial charge in [-0.15, -0.1) is 0 Å². The zero-order valence-corrected chi connectivity index (χ0v) is 8.11. The summed E-state index contributed by atoms with van der Waals surface area (Å²) in [5.41, 5.74) is 0.424. The number of carbonyl (C=O) groups is 1. The summed E-state index contributed by atoms with van der Waals surface area (Å²) in [7, 11) is 0. The normalized spacial score (nSPS) is 8.47. The molecule has 0 heterocycles. The lowest BCUT2D eigenvalue weighted by molar-refractivity contribution is 0.101. The summed E-state index contributed by atoms with van der Waals surface area (Å²) in [5.74, 6) is 0.560. The topological polar surface area (TPSA) is 35.5 Å². The van der Waals surface area contributed by atoms with E-state index >= 15 is 0 Å². The Hall–Kier alpha value is -2.39. The maximum Gasteiger partial charge on any atom is 0.160 e. The van der Waals surface area contributed by atoms with Crippen LogP contribution in [0, 0.1) is 25.1 Å². The Balaban J connectivity index is 3.16. The fourth-order valence-electron chi connectivity index (χ4n) is 1.03. The third kappa shape index (κ3) is 2.79. The quantitative estimate of drug-likeness (QED) is 0.551. The Morgan fingerprint density at radius 2 is 1.60 bits per heavy atom. The van der Waals surface area contributed by atoms with E-state index in [9.17, 15) is 4.79 Å². The summed E-state index contributed by atoms with van der Waals surface area (Å²) in [6.45, 7) is 1.43. The summed E-state index contributed by atoms with van der Waals surface area (Å²) < 4.78 is 9.62. The molecule has 0 atom stereocenters. The molecule has 3 nitrogen and oxygen atoms in total. The van der Waals surface area contributed by atoms with Crippen LogP contribution in [0.3, 0.4) is 0 Å². The predicted octanol–water partition coefficient (Wildman–Crippen LogP) is 1.83. The molecule has 0 fully saturated rings. The van der Waals surface area contributed by atoms with E-state index in [1.54, 1.807) is 0 Å². The minimum atomic E-state index is -0.126. The Bertz CT molecular complexity index is 426. The molecule has 1 aromatic carbocycles. The van der Waals surface area contributed by atoms with E-state index < -0.39 is 0 Å². The smallest absolute Gasteiger partial charge is 0.160 e. The van der Waals surface area contributed by atoms with Crippen molar-refractivity contribution in [2.45, 2.75) is 6.92 Å². The van der Waals surface area contributed by atoms with Gasteiger partial charge in [-0.1, -0.05) is 12.8 Å². The van der Waals surface area contributed by atoms with Gasteiger partial charge in [0, 0.05) is 11.6 Å². The van der Waals surface area contributed by atoms with Crippen LogP contribution in [-0.2, 0) is 0 Å². The van der Waals surface area contributed by atoms with Gasteiger partial charge in [-0.25, -0.2) is 0 Å². The van der Waals surface area contributed by atoms with Crippen LogP contribution in [0.5, 0.6) is 11.5 Å². The Morgan fingerprint density at radius 3 is 1.93 bits per heavy atom. The Morgan fingerprint density at radius 1 is 1.13 bits per heavy atom. The second-order valence-electron chi connectivity index (χ2n) is 2.69. The first kappa shape index (κ1) is 10.7. The number of benzene rings is 1. The lowest BCUT2D eigenvalue weighted by Crippen LogP contribution is -1.95. The molecule has 0 unspecified atom stereocenters. The maximum atomic E-state index is 11.1. The van der Waals surface area contributed by atoms with Crippen LogP contribution in [-0.4, -0.2) is 5.78 Å².